The van der Waals surface area contributed by atoms with E-state index >= 15 is 0 Å². The maximum atomic E-state index is 12.5. The van der Waals surface area contributed by atoms with Gasteiger partial charge in [0, 0.05) is 32.2 Å². The molecule has 1 atom stereocenters. The topological polar surface area (TPSA) is 48.7 Å². The number of furan rings is 1. The number of rotatable bonds is 5. The molecule has 1 aromatic heterocycles. The van der Waals surface area contributed by atoms with Crippen molar-refractivity contribution < 1.29 is 9.21 Å². The van der Waals surface area contributed by atoms with Crippen LogP contribution in [0.4, 0.5) is 4.79 Å². The van der Waals surface area contributed by atoms with Gasteiger partial charge in [0.2, 0.25) is 0 Å². The molecule has 0 bridgehead atoms. The fourth-order valence-electron chi connectivity index (χ4n) is 3.43. The normalized spacial score (nSPS) is 23.1. The lowest BCUT2D eigenvalue weighted by Crippen LogP contribution is -2.48. The third kappa shape index (κ3) is 4.50. The molecule has 0 unspecified atom stereocenters. The van der Waals surface area contributed by atoms with Gasteiger partial charge in [0.1, 0.15) is 5.76 Å². The molecule has 1 saturated carbocycles. The van der Waals surface area contributed by atoms with Gasteiger partial charge >= 0.3 is 6.03 Å². The van der Waals surface area contributed by atoms with E-state index in [0.29, 0.717) is 18.5 Å². The van der Waals surface area contributed by atoms with Gasteiger partial charge in [-0.2, -0.15) is 0 Å². The van der Waals surface area contributed by atoms with Gasteiger partial charge in [-0.1, -0.05) is 13.8 Å². The van der Waals surface area contributed by atoms with Crippen molar-refractivity contribution in [2.45, 2.75) is 45.7 Å². The molecule has 5 nitrogen and oxygen atoms in total. The summed E-state index contributed by atoms with van der Waals surface area (Å²) in [7, 11) is 0. The van der Waals surface area contributed by atoms with Crippen LogP contribution in [0.5, 0.6) is 0 Å². The lowest BCUT2D eigenvalue weighted by atomic mass is 10.0. The van der Waals surface area contributed by atoms with E-state index in [-0.39, 0.29) is 6.03 Å². The number of carbonyl (C=O) groups excluding carboxylic acids is 1. The van der Waals surface area contributed by atoms with Gasteiger partial charge in [0.25, 0.3) is 0 Å². The van der Waals surface area contributed by atoms with Gasteiger partial charge in [-0.15, -0.1) is 0 Å². The lowest BCUT2D eigenvalue weighted by molar-refractivity contribution is 0.136. The number of hydrogen-bond acceptors (Lipinski definition) is 3. The minimum absolute atomic E-state index is 0.0281. The summed E-state index contributed by atoms with van der Waals surface area (Å²) in [6.07, 6.45) is 5.46. The molecule has 2 fully saturated rings. The summed E-state index contributed by atoms with van der Waals surface area (Å²) in [5.41, 5.74) is 0. The number of nitrogens with zero attached hydrogens (tertiary/aromatic N) is 2. The van der Waals surface area contributed by atoms with Crippen LogP contribution in [0.25, 0.3) is 0 Å². The molecular weight excluding hydrogens is 290 g/mol. The predicted molar refractivity (Wildman–Crippen MR) is 90.1 cm³/mol. The van der Waals surface area contributed by atoms with Crippen molar-refractivity contribution in [2.75, 3.05) is 26.2 Å². The zero-order valence-electron chi connectivity index (χ0n) is 14.3. The SMILES string of the molecule is CC(C)[C@H]1CN(C(=O)NCc2ccco2)CCCN1CC1CC1. The maximum Gasteiger partial charge on any atom is 0.317 e. The Morgan fingerprint density at radius 1 is 1.39 bits per heavy atom. The van der Waals surface area contributed by atoms with E-state index in [1.165, 1.54) is 19.4 Å². The van der Waals surface area contributed by atoms with Crippen LogP contribution in [0.2, 0.25) is 0 Å². The summed E-state index contributed by atoms with van der Waals surface area (Å²) in [5, 5.41) is 2.98. The van der Waals surface area contributed by atoms with Crippen LogP contribution in [0.3, 0.4) is 0 Å². The highest BCUT2D eigenvalue weighted by Crippen LogP contribution is 2.31. The number of hydrogen-bond donors (Lipinski definition) is 1. The predicted octanol–water partition coefficient (Wildman–Crippen LogP) is 2.93. The molecule has 0 spiro atoms. The molecular formula is C18H29N3O2. The van der Waals surface area contributed by atoms with Crippen molar-refractivity contribution in [3.63, 3.8) is 0 Å². The number of nitrogens with one attached hydrogen (secondary N) is 1. The second-order valence-corrected chi connectivity index (χ2v) is 7.29. The van der Waals surface area contributed by atoms with Crippen LogP contribution in [-0.4, -0.2) is 48.1 Å². The Hall–Kier alpha value is -1.49. The van der Waals surface area contributed by atoms with Crippen molar-refractivity contribution >= 4 is 6.03 Å². The molecule has 2 aliphatic rings. The average molecular weight is 319 g/mol. The van der Waals surface area contributed by atoms with Gasteiger partial charge in [-0.25, -0.2) is 4.79 Å². The summed E-state index contributed by atoms with van der Waals surface area (Å²) in [6.45, 7) is 9.00. The molecule has 128 valence electrons. The number of urea groups is 1. The van der Waals surface area contributed by atoms with Crippen LogP contribution in [0.15, 0.2) is 22.8 Å². The molecule has 0 radical (unpaired) electrons. The summed E-state index contributed by atoms with van der Waals surface area (Å²) in [4.78, 5) is 17.1. The molecule has 1 saturated heterocycles. The first-order chi connectivity index (χ1) is 11.1. The van der Waals surface area contributed by atoms with Crippen LogP contribution in [0, 0.1) is 11.8 Å². The first-order valence-corrected chi connectivity index (χ1v) is 8.92. The quantitative estimate of drug-likeness (QED) is 0.908. The Labute approximate surface area is 139 Å². The van der Waals surface area contributed by atoms with Crippen LogP contribution < -0.4 is 5.32 Å². The summed E-state index contributed by atoms with van der Waals surface area (Å²) in [5.74, 6) is 2.26. The molecule has 1 N–H and O–H groups in total. The zero-order valence-corrected chi connectivity index (χ0v) is 14.3. The zero-order chi connectivity index (χ0) is 16.2. The summed E-state index contributed by atoms with van der Waals surface area (Å²) in [6, 6.07) is 4.22. The third-order valence-corrected chi connectivity index (χ3v) is 4.99. The lowest BCUT2D eigenvalue weighted by Gasteiger charge is -2.34. The standard InChI is InChI=1S/C18H29N3O2/c1-14(2)17-13-21(9-4-8-20(17)12-15-6-7-15)18(22)19-11-16-5-3-10-23-16/h3,5,10,14-15,17H,4,6-9,11-13H2,1-2H3,(H,19,22)/t17-/m1/s1. The molecule has 1 aliphatic heterocycles. The Bertz CT molecular complexity index is 496. The highest BCUT2D eigenvalue weighted by atomic mass is 16.3. The number of carbonyl (C=O) groups is 1. The molecule has 1 aliphatic carbocycles. The van der Waals surface area contributed by atoms with Gasteiger partial charge in [-0.05, 0) is 43.2 Å². The minimum Gasteiger partial charge on any atom is -0.467 e. The maximum absolute atomic E-state index is 12.5. The molecule has 0 aromatic carbocycles. The van der Waals surface area contributed by atoms with E-state index in [4.69, 9.17) is 4.42 Å². The Morgan fingerprint density at radius 2 is 2.22 bits per heavy atom. The van der Waals surface area contributed by atoms with Gasteiger partial charge in [-0.3, -0.25) is 4.90 Å². The average Bonchev–Trinajstić information content (AvgIpc) is 3.24. The van der Waals surface area contributed by atoms with E-state index in [2.05, 4.69) is 24.1 Å². The Kier molecular flexibility index (Phi) is 5.26. The van der Waals surface area contributed by atoms with Crippen molar-refractivity contribution in [2.24, 2.45) is 11.8 Å². The van der Waals surface area contributed by atoms with E-state index in [1.54, 1.807) is 6.26 Å². The van der Waals surface area contributed by atoms with Crippen molar-refractivity contribution in [1.29, 1.82) is 0 Å². The molecule has 2 amide bonds. The van der Waals surface area contributed by atoms with Crippen molar-refractivity contribution in [1.82, 2.24) is 15.1 Å². The first-order valence-electron chi connectivity index (χ1n) is 8.92. The first kappa shape index (κ1) is 16.4. The Morgan fingerprint density at radius 3 is 2.87 bits per heavy atom. The van der Waals surface area contributed by atoms with Crippen molar-refractivity contribution in [3.05, 3.63) is 24.2 Å². The van der Waals surface area contributed by atoms with Crippen LogP contribution in [0.1, 0.15) is 38.9 Å². The van der Waals surface area contributed by atoms with E-state index in [0.717, 1.165) is 37.7 Å². The third-order valence-electron chi connectivity index (χ3n) is 4.99. The van der Waals surface area contributed by atoms with Crippen LogP contribution >= 0.6 is 0 Å². The second-order valence-electron chi connectivity index (χ2n) is 7.29. The highest BCUT2D eigenvalue weighted by molar-refractivity contribution is 5.74. The Balaban J connectivity index is 1.57. The largest absolute Gasteiger partial charge is 0.467 e. The molecule has 2 heterocycles. The fraction of sp³-hybridized carbons (Fsp3) is 0.722. The highest BCUT2D eigenvalue weighted by Gasteiger charge is 2.33. The van der Waals surface area contributed by atoms with E-state index in [1.807, 2.05) is 17.0 Å². The summed E-state index contributed by atoms with van der Waals surface area (Å²) < 4.78 is 5.28. The monoisotopic (exact) mass is 319 g/mol. The van der Waals surface area contributed by atoms with Crippen LogP contribution in [-0.2, 0) is 6.54 Å². The molecule has 5 heteroatoms. The van der Waals surface area contributed by atoms with Gasteiger partial charge in [0.05, 0.1) is 12.8 Å². The summed E-state index contributed by atoms with van der Waals surface area (Å²) >= 11 is 0. The second kappa shape index (κ2) is 7.39. The number of amides is 2. The van der Waals surface area contributed by atoms with Gasteiger partial charge in [0.15, 0.2) is 0 Å². The molecule has 23 heavy (non-hydrogen) atoms. The minimum atomic E-state index is 0.0281. The van der Waals surface area contributed by atoms with Crippen molar-refractivity contribution in [3.8, 4) is 0 Å². The smallest absolute Gasteiger partial charge is 0.317 e. The molecule has 3 rings (SSSR count). The van der Waals surface area contributed by atoms with E-state index < -0.39 is 0 Å². The van der Waals surface area contributed by atoms with E-state index in [9.17, 15) is 4.79 Å². The van der Waals surface area contributed by atoms with Gasteiger partial charge < -0.3 is 14.6 Å². The molecule has 1 aromatic rings. The fourth-order valence-corrected chi connectivity index (χ4v) is 3.43.